The predicted molar refractivity (Wildman–Crippen MR) is 82.0 cm³/mol. The molecule has 1 aromatic carbocycles. The second-order valence-corrected chi connectivity index (χ2v) is 6.36. The van der Waals surface area contributed by atoms with Crippen LogP contribution in [-0.4, -0.2) is 26.9 Å². The van der Waals surface area contributed by atoms with Crippen LogP contribution in [0.4, 0.5) is 4.39 Å². The lowest BCUT2D eigenvalue weighted by molar-refractivity contribution is -0.123. The van der Waals surface area contributed by atoms with Crippen molar-refractivity contribution in [3.05, 3.63) is 29.8 Å². The molecule has 1 N–H and O–H groups in total. The lowest BCUT2D eigenvalue weighted by atomic mass is 10.1. The fraction of sp³-hybridized carbons (Fsp3) is 0.467. The van der Waals surface area contributed by atoms with Gasteiger partial charge in [-0.15, -0.1) is 11.6 Å². The molecule has 0 fully saturated rings. The minimum absolute atomic E-state index is 0.101. The summed E-state index contributed by atoms with van der Waals surface area (Å²) in [6.45, 7) is 5.84. The van der Waals surface area contributed by atoms with Crippen molar-refractivity contribution in [3.63, 3.8) is 0 Å². The molecule has 2 aromatic rings. The molecule has 1 heterocycles. The second-order valence-electron chi connectivity index (χ2n) is 5.98. The summed E-state index contributed by atoms with van der Waals surface area (Å²) in [5.41, 5.74) is 0.963. The molecule has 1 amide bonds. The van der Waals surface area contributed by atoms with Crippen LogP contribution in [0.1, 0.15) is 26.6 Å². The van der Waals surface area contributed by atoms with Crippen molar-refractivity contribution >= 4 is 28.5 Å². The normalized spacial score (nSPS) is 11.9. The smallest absolute Gasteiger partial charge is 0.240 e. The molecule has 0 aliphatic rings. The number of carbonyl (C=O) groups excluding carboxylic acids is 1. The van der Waals surface area contributed by atoms with Crippen LogP contribution in [0, 0.1) is 5.82 Å². The van der Waals surface area contributed by atoms with Crippen LogP contribution in [-0.2, 0) is 17.8 Å². The Morgan fingerprint density at radius 2 is 2.14 bits per heavy atom. The molecule has 114 valence electrons. The molecule has 0 saturated carbocycles. The summed E-state index contributed by atoms with van der Waals surface area (Å²) >= 11 is 5.78. The van der Waals surface area contributed by atoms with Gasteiger partial charge in [-0.2, -0.15) is 0 Å². The van der Waals surface area contributed by atoms with Crippen molar-refractivity contribution < 1.29 is 9.18 Å². The first-order valence-corrected chi connectivity index (χ1v) is 7.35. The number of benzene rings is 1. The first kappa shape index (κ1) is 15.8. The van der Waals surface area contributed by atoms with Crippen molar-refractivity contribution in [3.8, 4) is 0 Å². The minimum atomic E-state index is -0.350. The highest BCUT2D eigenvalue weighted by Crippen LogP contribution is 2.18. The third kappa shape index (κ3) is 3.94. The highest BCUT2D eigenvalue weighted by molar-refractivity contribution is 6.17. The molecule has 0 atom stereocenters. The van der Waals surface area contributed by atoms with E-state index in [1.54, 1.807) is 10.6 Å². The lowest BCUT2D eigenvalue weighted by Gasteiger charge is -2.21. The van der Waals surface area contributed by atoms with E-state index in [0.29, 0.717) is 29.2 Å². The van der Waals surface area contributed by atoms with Gasteiger partial charge in [0.25, 0.3) is 0 Å². The van der Waals surface area contributed by atoms with E-state index in [9.17, 15) is 9.18 Å². The molecule has 6 heteroatoms. The number of hydrogen-bond acceptors (Lipinski definition) is 2. The zero-order chi connectivity index (χ0) is 15.6. The standard InChI is InChI=1S/C15H19ClFN3O/c1-15(2,3)19-14(21)9-20-12-8-10(17)4-5-11(12)18-13(20)6-7-16/h4-5,8H,6-7,9H2,1-3H3,(H,19,21). The SMILES string of the molecule is CC(C)(C)NC(=O)Cn1c(CCCl)nc2ccc(F)cc21. The number of alkyl halides is 1. The highest BCUT2D eigenvalue weighted by Gasteiger charge is 2.17. The van der Waals surface area contributed by atoms with Crippen LogP contribution in [0.5, 0.6) is 0 Å². The van der Waals surface area contributed by atoms with E-state index < -0.39 is 0 Å². The number of nitrogens with one attached hydrogen (secondary N) is 1. The largest absolute Gasteiger partial charge is 0.350 e. The first-order valence-electron chi connectivity index (χ1n) is 6.82. The first-order chi connectivity index (χ1) is 9.80. The van der Waals surface area contributed by atoms with E-state index in [1.165, 1.54) is 12.1 Å². The third-order valence-corrected chi connectivity index (χ3v) is 3.11. The van der Waals surface area contributed by atoms with Gasteiger partial charge in [0, 0.05) is 17.8 Å². The topological polar surface area (TPSA) is 46.9 Å². The van der Waals surface area contributed by atoms with Gasteiger partial charge in [0.1, 0.15) is 18.2 Å². The number of nitrogens with zero attached hydrogens (tertiary/aromatic N) is 2. The van der Waals surface area contributed by atoms with Gasteiger partial charge < -0.3 is 9.88 Å². The molecule has 2 rings (SSSR count). The van der Waals surface area contributed by atoms with Gasteiger partial charge in [0.2, 0.25) is 5.91 Å². The molecular weight excluding hydrogens is 293 g/mol. The Morgan fingerprint density at radius 1 is 1.43 bits per heavy atom. The Labute approximate surface area is 128 Å². The quantitative estimate of drug-likeness (QED) is 0.883. The van der Waals surface area contributed by atoms with E-state index in [0.717, 1.165) is 0 Å². The summed E-state index contributed by atoms with van der Waals surface area (Å²) in [5.74, 6) is 0.598. The van der Waals surface area contributed by atoms with Gasteiger partial charge in [-0.25, -0.2) is 9.37 Å². The second kappa shape index (κ2) is 6.02. The summed E-state index contributed by atoms with van der Waals surface area (Å²) in [4.78, 5) is 16.5. The Kier molecular flexibility index (Phi) is 4.52. The summed E-state index contributed by atoms with van der Waals surface area (Å²) < 4.78 is 15.2. The molecule has 21 heavy (non-hydrogen) atoms. The Bertz CT molecular complexity index is 661. The number of hydrogen-bond donors (Lipinski definition) is 1. The average Bonchev–Trinajstić information content (AvgIpc) is 2.66. The van der Waals surface area contributed by atoms with Crippen LogP contribution in [0.3, 0.4) is 0 Å². The molecule has 0 aliphatic heterocycles. The maximum atomic E-state index is 13.5. The van der Waals surface area contributed by atoms with Gasteiger partial charge in [-0.3, -0.25) is 4.79 Å². The monoisotopic (exact) mass is 311 g/mol. The van der Waals surface area contributed by atoms with Crippen LogP contribution in [0.2, 0.25) is 0 Å². The Balaban J connectivity index is 2.37. The molecule has 0 spiro atoms. The maximum absolute atomic E-state index is 13.5. The average molecular weight is 312 g/mol. The van der Waals surface area contributed by atoms with Crippen LogP contribution >= 0.6 is 11.6 Å². The molecule has 0 bridgehead atoms. The zero-order valence-corrected chi connectivity index (χ0v) is 13.2. The van der Waals surface area contributed by atoms with Crippen molar-refractivity contribution in [2.24, 2.45) is 0 Å². The number of amides is 1. The van der Waals surface area contributed by atoms with E-state index in [2.05, 4.69) is 10.3 Å². The highest BCUT2D eigenvalue weighted by atomic mass is 35.5. The van der Waals surface area contributed by atoms with E-state index in [-0.39, 0.29) is 23.8 Å². The number of aryl methyl sites for hydroxylation is 1. The third-order valence-electron chi connectivity index (χ3n) is 2.92. The number of fused-ring (bicyclic) bond motifs is 1. The van der Waals surface area contributed by atoms with Gasteiger partial charge in [-0.05, 0) is 39.0 Å². The molecule has 0 aliphatic carbocycles. The van der Waals surface area contributed by atoms with E-state index in [4.69, 9.17) is 11.6 Å². The number of halogens is 2. The molecule has 4 nitrogen and oxygen atoms in total. The summed E-state index contributed by atoms with van der Waals surface area (Å²) in [5, 5.41) is 2.89. The van der Waals surface area contributed by atoms with Gasteiger partial charge in [-0.1, -0.05) is 0 Å². The van der Waals surface area contributed by atoms with Crippen molar-refractivity contribution in [1.82, 2.24) is 14.9 Å². The summed E-state index contributed by atoms with van der Waals surface area (Å²) in [7, 11) is 0. The van der Waals surface area contributed by atoms with Crippen molar-refractivity contribution in [2.45, 2.75) is 39.3 Å². The number of aromatic nitrogens is 2. The Morgan fingerprint density at radius 3 is 2.76 bits per heavy atom. The summed E-state index contributed by atoms with van der Waals surface area (Å²) in [6, 6.07) is 4.37. The predicted octanol–water partition coefficient (Wildman–Crippen LogP) is 2.87. The number of rotatable bonds is 4. The fourth-order valence-corrected chi connectivity index (χ4v) is 2.37. The van der Waals surface area contributed by atoms with E-state index >= 15 is 0 Å². The lowest BCUT2D eigenvalue weighted by Crippen LogP contribution is -2.42. The van der Waals surface area contributed by atoms with E-state index in [1.807, 2.05) is 20.8 Å². The van der Waals surface area contributed by atoms with Crippen LogP contribution < -0.4 is 5.32 Å². The van der Waals surface area contributed by atoms with Crippen molar-refractivity contribution in [2.75, 3.05) is 5.88 Å². The summed E-state index contributed by atoms with van der Waals surface area (Å²) in [6.07, 6.45) is 0.528. The van der Waals surface area contributed by atoms with Gasteiger partial charge in [0.15, 0.2) is 0 Å². The van der Waals surface area contributed by atoms with Crippen molar-refractivity contribution in [1.29, 1.82) is 0 Å². The zero-order valence-electron chi connectivity index (χ0n) is 12.4. The fourth-order valence-electron chi connectivity index (χ4n) is 2.20. The van der Waals surface area contributed by atoms with Gasteiger partial charge in [0.05, 0.1) is 11.0 Å². The molecular formula is C15H19ClFN3O. The maximum Gasteiger partial charge on any atom is 0.240 e. The Hall–Kier alpha value is -1.62. The minimum Gasteiger partial charge on any atom is -0.350 e. The number of carbonyl (C=O) groups is 1. The molecule has 1 aromatic heterocycles. The molecule has 0 radical (unpaired) electrons. The van der Waals surface area contributed by atoms with Gasteiger partial charge >= 0.3 is 0 Å². The molecule has 0 saturated heterocycles. The molecule has 0 unspecified atom stereocenters. The number of imidazole rings is 1. The van der Waals surface area contributed by atoms with Crippen LogP contribution in [0.25, 0.3) is 11.0 Å². The van der Waals surface area contributed by atoms with Crippen LogP contribution in [0.15, 0.2) is 18.2 Å².